The first kappa shape index (κ1) is 6.63. The maximum absolute atomic E-state index is 11.2. The van der Waals surface area contributed by atoms with Crippen molar-refractivity contribution in [2.45, 2.75) is 19.3 Å². The Balaban J connectivity index is 2.03. The van der Waals surface area contributed by atoms with Crippen LogP contribution in [0.15, 0.2) is 0 Å². The second-order valence-corrected chi connectivity index (χ2v) is 4.12. The minimum absolute atomic E-state index is 0.0590. The first-order valence-electron chi connectivity index (χ1n) is 4.53. The summed E-state index contributed by atoms with van der Waals surface area (Å²) in [5, 5.41) is 0. The minimum Gasteiger partial charge on any atom is -0.393 e. The summed E-state index contributed by atoms with van der Waals surface area (Å²) < 4.78 is 4.63. The van der Waals surface area contributed by atoms with E-state index in [2.05, 4.69) is 4.74 Å². The number of fused-ring (bicyclic) bond motifs is 5. The molecule has 3 nitrogen and oxygen atoms in total. The lowest BCUT2D eigenvalue weighted by Gasteiger charge is -2.17. The minimum atomic E-state index is -0.253. The highest BCUT2D eigenvalue weighted by Crippen LogP contribution is 2.55. The molecule has 1 aliphatic heterocycles. The molecule has 12 heavy (non-hydrogen) atoms. The van der Waals surface area contributed by atoms with Crippen LogP contribution in [0.2, 0.25) is 0 Å². The Morgan fingerprint density at radius 1 is 1.00 bits per heavy atom. The van der Waals surface area contributed by atoms with Gasteiger partial charge in [0, 0.05) is 0 Å². The molecule has 1 heterocycles. The van der Waals surface area contributed by atoms with E-state index in [1.165, 1.54) is 0 Å². The van der Waals surface area contributed by atoms with Crippen molar-refractivity contribution in [3.8, 4) is 0 Å². The van der Waals surface area contributed by atoms with Crippen molar-refractivity contribution in [3.05, 3.63) is 0 Å². The Bertz CT molecular complexity index is 245. The highest BCUT2D eigenvalue weighted by molar-refractivity contribution is 5.97. The Morgan fingerprint density at radius 2 is 1.50 bits per heavy atom. The molecule has 2 bridgehead atoms. The van der Waals surface area contributed by atoms with Gasteiger partial charge >= 0.3 is 11.9 Å². The normalized spacial score (nSPS) is 49.7. The number of carbonyl (C=O) groups excluding carboxylic acids is 2. The van der Waals surface area contributed by atoms with Crippen molar-refractivity contribution in [3.63, 3.8) is 0 Å². The van der Waals surface area contributed by atoms with Crippen LogP contribution in [0.5, 0.6) is 0 Å². The molecule has 3 aliphatic rings. The topological polar surface area (TPSA) is 43.4 Å². The third kappa shape index (κ3) is 0.586. The molecule has 3 fully saturated rings. The number of ether oxygens (including phenoxy) is 1. The molecule has 2 saturated carbocycles. The van der Waals surface area contributed by atoms with Crippen molar-refractivity contribution in [2.24, 2.45) is 23.7 Å². The fraction of sp³-hybridized carbons (Fsp3) is 0.778. The standard InChI is InChI=1S/C9H10O3/c10-8-6-4-1-2-5(3-4)7(6)9(11)12-8/h4-7H,1-3H2/t4-,5-,6+,7+/m1/s1. The number of carbonyl (C=O) groups is 2. The summed E-state index contributed by atoms with van der Waals surface area (Å²) in [5.74, 6) is 0.291. The van der Waals surface area contributed by atoms with Gasteiger partial charge in [0.25, 0.3) is 0 Å². The SMILES string of the molecule is O=C1OC(=O)[C@H]2[C@@H]3CC[C@H](C3)[C@H]12. The summed E-state index contributed by atoms with van der Waals surface area (Å²) in [6.45, 7) is 0. The second-order valence-electron chi connectivity index (χ2n) is 4.12. The van der Waals surface area contributed by atoms with Crippen molar-refractivity contribution >= 4 is 11.9 Å². The van der Waals surface area contributed by atoms with Crippen LogP contribution in [0.3, 0.4) is 0 Å². The molecule has 0 aromatic carbocycles. The van der Waals surface area contributed by atoms with E-state index in [4.69, 9.17) is 0 Å². The van der Waals surface area contributed by atoms with Gasteiger partial charge < -0.3 is 4.74 Å². The van der Waals surface area contributed by atoms with Gasteiger partial charge in [-0.3, -0.25) is 9.59 Å². The largest absolute Gasteiger partial charge is 0.393 e. The smallest absolute Gasteiger partial charge is 0.317 e. The van der Waals surface area contributed by atoms with E-state index in [0.29, 0.717) is 11.8 Å². The van der Waals surface area contributed by atoms with Gasteiger partial charge in [-0.1, -0.05) is 0 Å². The van der Waals surface area contributed by atoms with Gasteiger partial charge in [0.1, 0.15) is 0 Å². The Hall–Kier alpha value is -0.860. The van der Waals surface area contributed by atoms with Crippen LogP contribution in [0, 0.1) is 23.7 Å². The quantitative estimate of drug-likeness (QED) is 0.393. The number of cyclic esters (lactones) is 2. The fourth-order valence-electron chi connectivity index (χ4n) is 3.20. The van der Waals surface area contributed by atoms with Crippen molar-refractivity contribution < 1.29 is 14.3 Å². The average Bonchev–Trinajstić information content (AvgIpc) is 2.64. The maximum atomic E-state index is 11.2. The van der Waals surface area contributed by atoms with E-state index in [-0.39, 0.29) is 23.8 Å². The predicted octanol–water partition coefficient (Wildman–Crippen LogP) is 0.732. The van der Waals surface area contributed by atoms with Gasteiger partial charge in [0.05, 0.1) is 11.8 Å². The van der Waals surface area contributed by atoms with Gasteiger partial charge in [0.2, 0.25) is 0 Å². The van der Waals surface area contributed by atoms with Gasteiger partial charge in [-0.2, -0.15) is 0 Å². The predicted molar refractivity (Wildman–Crippen MR) is 38.9 cm³/mol. The highest BCUT2D eigenvalue weighted by atomic mass is 16.6. The summed E-state index contributed by atoms with van der Waals surface area (Å²) in [5.41, 5.74) is 0. The first-order chi connectivity index (χ1) is 5.77. The molecule has 4 atom stereocenters. The van der Waals surface area contributed by atoms with E-state index in [1.54, 1.807) is 0 Å². The zero-order valence-electron chi connectivity index (χ0n) is 6.66. The third-order valence-electron chi connectivity index (χ3n) is 3.66. The molecule has 0 N–H and O–H groups in total. The van der Waals surface area contributed by atoms with Crippen LogP contribution in [0.25, 0.3) is 0 Å². The molecule has 3 rings (SSSR count). The lowest BCUT2D eigenvalue weighted by molar-refractivity contribution is -0.154. The number of hydrogen-bond acceptors (Lipinski definition) is 3. The highest BCUT2D eigenvalue weighted by Gasteiger charge is 2.59. The lowest BCUT2D eigenvalue weighted by atomic mass is 9.81. The summed E-state index contributed by atoms with van der Waals surface area (Å²) in [7, 11) is 0. The van der Waals surface area contributed by atoms with Crippen LogP contribution < -0.4 is 0 Å². The number of esters is 2. The van der Waals surface area contributed by atoms with Gasteiger partial charge in [-0.25, -0.2) is 0 Å². The molecular formula is C9H10O3. The summed E-state index contributed by atoms with van der Waals surface area (Å²) >= 11 is 0. The maximum Gasteiger partial charge on any atom is 0.317 e. The van der Waals surface area contributed by atoms with Gasteiger partial charge in [0.15, 0.2) is 0 Å². The fourth-order valence-corrected chi connectivity index (χ4v) is 3.20. The van der Waals surface area contributed by atoms with Crippen molar-refractivity contribution in [2.75, 3.05) is 0 Å². The van der Waals surface area contributed by atoms with Crippen LogP contribution in [-0.4, -0.2) is 11.9 Å². The zero-order chi connectivity index (χ0) is 8.29. The van der Waals surface area contributed by atoms with E-state index in [9.17, 15) is 9.59 Å². The Morgan fingerprint density at radius 3 is 2.00 bits per heavy atom. The van der Waals surface area contributed by atoms with Gasteiger partial charge in [-0.05, 0) is 31.1 Å². The molecule has 2 aliphatic carbocycles. The van der Waals surface area contributed by atoms with Crippen LogP contribution >= 0.6 is 0 Å². The number of rotatable bonds is 0. The van der Waals surface area contributed by atoms with Gasteiger partial charge in [-0.15, -0.1) is 0 Å². The molecule has 64 valence electrons. The molecule has 0 radical (unpaired) electrons. The van der Waals surface area contributed by atoms with E-state index in [0.717, 1.165) is 19.3 Å². The molecular weight excluding hydrogens is 156 g/mol. The van der Waals surface area contributed by atoms with E-state index < -0.39 is 0 Å². The summed E-state index contributed by atoms with van der Waals surface area (Å²) in [4.78, 5) is 22.4. The number of hydrogen-bond donors (Lipinski definition) is 0. The molecule has 0 spiro atoms. The molecule has 1 saturated heterocycles. The molecule has 0 aromatic heterocycles. The van der Waals surface area contributed by atoms with Crippen LogP contribution in [0.4, 0.5) is 0 Å². The molecule has 3 heteroatoms. The molecule has 0 unspecified atom stereocenters. The first-order valence-corrected chi connectivity index (χ1v) is 4.53. The lowest BCUT2D eigenvalue weighted by Crippen LogP contribution is -2.24. The van der Waals surface area contributed by atoms with E-state index in [1.807, 2.05) is 0 Å². The van der Waals surface area contributed by atoms with E-state index >= 15 is 0 Å². The molecule has 0 aromatic rings. The van der Waals surface area contributed by atoms with Crippen molar-refractivity contribution in [1.82, 2.24) is 0 Å². The second kappa shape index (κ2) is 1.90. The van der Waals surface area contributed by atoms with Crippen LogP contribution in [0.1, 0.15) is 19.3 Å². The third-order valence-corrected chi connectivity index (χ3v) is 3.66. The summed E-state index contributed by atoms with van der Waals surface area (Å²) in [6, 6.07) is 0. The monoisotopic (exact) mass is 166 g/mol. The summed E-state index contributed by atoms with van der Waals surface area (Å²) in [6.07, 6.45) is 3.32. The zero-order valence-corrected chi connectivity index (χ0v) is 6.66. The molecule has 0 amide bonds. The Kier molecular flexibility index (Phi) is 1.05. The Labute approximate surface area is 70.1 Å². The average molecular weight is 166 g/mol. The van der Waals surface area contributed by atoms with Crippen molar-refractivity contribution in [1.29, 1.82) is 0 Å². The van der Waals surface area contributed by atoms with Crippen LogP contribution in [-0.2, 0) is 14.3 Å².